The number of carbonyl (C=O) groups is 1. The molecule has 1 aromatic rings. The average Bonchev–Trinajstić information content (AvgIpc) is 3.13. The molecule has 1 aliphatic heterocycles. The standard InChI is InChI=1S/C18H31N5O3.HI/c1-5-19-18(23-11-8-14(9-12-23)17(24)25-4)20-10-6-7-15-21-16(13(2)3)22-26-15;/h13-14H,5-12H2,1-4H3,(H,19,20);1H. The Morgan fingerprint density at radius 2 is 2.11 bits per heavy atom. The van der Waals surface area contributed by atoms with Crippen LogP contribution in [0.4, 0.5) is 0 Å². The number of rotatable bonds is 7. The lowest BCUT2D eigenvalue weighted by atomic mass is 9.97. The van der Waals surface area contributed by atoms with Gasteiger partial charge in [-0.3, -0.25) is 9.79 Å². The summed E-state index contributed by atoms with van der Waals surface area (Å²) in [5, 5.41) is 7.32. The summed E-state index contributed by atoms with van der Waals surface area (Å²) in [4.78, 5) is 23.0. The van der Waals surface area contributed by atoms with E-state index in [2.05, 4.69) is 27.3 Å². The van der Waals surface area contributed by atoms with Gasteiger partial charge < -0.3 is 19.5 Å². The van der Waals surface area contributed by atoms with E-state index in [0.29, 0.717) is 12.4 Å². The number of likely N-dealkylation sites (tertiary alicyclic amines) is 1. The quantitative estimate of drug-likeness (QED) is 0.205. The maximum atomic E-state index is 11.7. The Morgan fingerprint density at radius 1 is 1.41 bits per heavy atom. The van der Waals surface area contributed by atoms with E-state index >= 15 is 0 Å². The van der Waals surface area contributed by atoms with E-state index in [4.69, 9.17) is 14.3 Å². The fraction of sp³-hybridized carbons (Fsp3) is 0.778. The molecule has 8 nitrogen and oxygen atoms in total. The number of ether oxygens (including phenoxy) is 1. The first-order valence-corrected chi connectivity index (χ1v) is 9.48. The predicted octanol–water partition coefficient (Wildman–Crippen LogP) is 2.59. The van der Waals surface area contributed by atoms with Crippen LogP contribution in [-0.4, -0.2) is 60.3 Å². The van der Waals surface area contributed by atoms with Gasteiger partial charge in [-0.25, -0.2) is 0 Å². The van der Waals surface area contributed by atoms with Gasteiger partial charge in [0.1, 0.15) is 0 Å². The number of esters is 1. The maximum Gasteiger partial charge on any atom is 0.308 e. The largest absolute Gasteiger partial charge is 0.469 e. The third-order valence-electron chi connectivity index (χ3n) is 4.47. The minimum absolute atomic E-state index is 0. The van der Waals surface area contributed by atoms with Gasteiger partial charge in [0.25, 0.3) is 0 Å². The molecule has 0 aliphatic carbocycles. The number of aromatic nitrogens is 2. The second-order valence-corrected chi connectivity index (χ2v) is 6.82. The topological polar surface area (TPSA) is 92.9 Å². The van der Waals surface area contributed by atoms with Crippen molar-refractivity contribution >= 4 is 35.9 Å². The summed E-state index contributed by atoms with van der Waals surface area (Å²) in [6, 6.07) is 0. The first-order valence-electron chi connectivity index (χ1n) is 9.48. The maximum absolute atomic E-state index is 11.7. The van der Waals surface area contributed by atoms with Crippen LogP contribution in [0.15, 0.2) is 9.52 Å². The summed E-state index contributed by atoms with van der Waals surface area (Å²) in [5.41, 5.74) is 0. The van der Waals surface area contributed by atoms with Crippen molar-refractivity contribution in [3.05, 3.63) is 11.7 Å². The van der Waals surface area contributed by atoms with Crippen LogP contribution >= 0.6 is 24.0 Å². The van der Waals surface area contributed by atoms with Crippen molar-refractivity contribution in [2.24, 2.45) is 10.9 Å². The second kappa shape index (κ2) is 12.1. The Labute approximate surface area is 178 Å². The van der Waals surface area contributed by atoms with E-state index in [1.165, 1.54) is 7.11 Å². The second-order valence-electron chi connectivity index (χ2n) is 6.82. The number of aliphatic imine (C=N–C) groups is 1. The van der Waals surface area contributed by atoms with Gasteiger partial charge in [0, 0.05) is 38.5 Å². The molecule has 0 spiro atoms. The first kappa shape index (κ1) is 23.6. The Kier molecular flexibility index (Phi) is 10.6. The molecule has 1 aliphatic rings. The van der Waals surface area contributed by atoms with Gasteiger partial charge in [-0.15, -0.1) is 24.0 Å². The zero-order chi connectivity index (χ0) is 18.9. The third-order valence-corrected chi connectivity index (χ3v) is 4.47. The van der Waals surface area contributed by atoms with Gasteiger partial charge in [0.05, 0.1) is 13.0 Å². The normalized spacial score (nSPS) is 15.6. The number of hydrogen-bond donors (Lipinski definition) is 1. The molecule has 1 aromatic heterocycles. The smallest absolute Gasteiger partial charge is 0.308 e. The van der Waals surface area contributed by atoms with Crippen molar-refractivity contribution in [2.45, 2.75) is 52.4 Å². The highest BCUT2D eigenvalue weighted by Crippen LogP contribution is 2.18. The number of piperidine rings is 1. The lowest BCUT2D eigenvalue weighted by molar-refractivity contribution is -0.146. The highest BCUT2D eigenvalue weighted by atomic mass is 127. The van der Waals surface area contributed by atoms with E-state index in [1.807, 2.05) is 13.8 Å². The number of nitrogens with zero attached hydrogens (tertiary/aromatic N) is 4. The number of methoxy groups -OCH3 is 1. The third kappa shape index (κ3) is 7.27. The molecule has 1 N–H and O–H groups in total. The molecule has 0 unspecified atom stereocenters. The highest BCUT2D eigenvalue weighted by molar-refractivity contribution is 14.0. The molecule has 0 radical (unpaired) electrons. The van der Waals surface area contributed by atoms with Crippen LogP contribution in [-0.2, 0) is 16.0 Å². The summed E-state index contributed by atoms with van der Waals surface area (Å²) in [5.74, 6) is 2.51. The van der Waals surface area contributed by atoms with Crippen LogP contribution in [0, 0.1) is 5.92 Å². The predicted molar refractivity (Wildman–Crippen MR) is 114 cm³/mol. The molecule has 0 atom stereocenters. The van der Waals surface area contributed by atoms with Crippen LogP contribution in [0.25, 0.3) is 0 Å². The molecule has 0 saturated carbocycles. The van der Waals surface area contributed by atoms with Crippen LogP contribution in [0.5, 0.6) is 0 Å². The summed E-state index contributed by atoms with van der Waals surface area (Å²) in [7, 11) is 1.45. The fourth-order valence-corrected chi connectivity index (χ4v) is 2.94. The number of hydrogen-bond acceptors (Lipinski definition) is 6. The van der Waals surface area contributed by atoms with Crippen LogP contribution in [0.2, 0.25) is 0 Å². The van der Waals surface area contributed by atoms with Gasteiger partial charge >= 0.3 is 5.97 Å². The van der Waals surface area contributed by atoms with Gasteiger partial charge in [-0.05, 0) is 26.2 Å². The van der Waals surface area contributed by atoms with Crippen LogP contribution in [0.3, 0.4) is 0 Å². The average molecular weight is 493 g/mol. The fourth-order valence-electron chi connectivity index (χ4n) is 2.94. The van der Waals surface area contributed by atoms with Gasteiger partial charge in [-0.2, -0.15) is 4.98 Å². The van der Waals surface area contributed by atoms with Gasteiger partial charge in [0.15, 0.2) is 11.8 Å². The molecule has 0 amide bonds. The molecular weight excluding hydrogens is 461 g/mol. The summed E-state index contributed by atoms with van der Waals surface area (Å²) in [6.45, 7) is 9.29. The Bertz CT molecular complexity index is 598. The zero-order valence-corrected chi connectivity index (χ0v) is 19.1. The van der Waals surface area contributed by atoms with E-state index in [9.17, 15) is 4.79 Å². The minimum Gasteiger partial charge on any atom is -0.469 e. The molecule has 1 fully saturated rings. The number of halogens is 1. The number of carbonyl (C=O) groups excluding carboxylic acids is 1. The van der Waals surface area contributed by atoms with E-state index < -0.39 is 0 Å². The Balaban J connectivity index is 0.00000364. The number of guanidine groups is 1. The Hall–Kier alpha value is -1.39. The first-order chi connectivity index (χ1) is 12.5. The minimum atomic E-state index is -0.105. The highest BCUT2D eigenvalue weighted by Gasteiger charge is 2.26. The summed E-state index contributed by atoms with van der Waals surface area (Å²) >= 11 is 0. The molecule has 1 saturated heterocycles. The molecule has 0 bridgehead atoms. The zero-order valence-electron chi connectivity index (χ0n) is 16.7. The number of nitrogens with one attached hydrogen (secondary N) is 1. The number of aryl methyl sites for hydroxylation is 1. The van der Waals surface area contributed by atoms with Crippen molar-refractivity contribution in [1.29, 1.82) is 0 Å². The van der Waals surface area contributed by atoms with Crippen molar-refractivity contribution < 1.29 is 14.1 Å². The summed E-state index contributed by atoms with van der Waals surface area (Å²) < 4.78 is 10.1. The lowest BCUT2D eigenvalue weighted by Gasteiger charge is -2.33. The van der Waals surface area contributed by atoms with E-state index in [1.54, 1.807) is 0 Å². The molecule has 2 rings (SSSR count). The van der Waals surface area contributed by atoms with Crippen molar-refractivity contribution in [1.82, 2.24) is 20.4 Å². The molecule has 27 heavy (non-hydrogen) atoms. The van der Waals surface area contributed by atoms with Crippen LogP contribution < -0.4 is 5.32 Å². The molecule has 9 heteroatoms. The summed E-state index contributed by atoms with van der Waals surface area (Å²) in [6.07, 6.45) is 3.19. The monoisotopic (exact) mass is 493 g/mol. The van der Waals surface area contributed by atoms with Crippen molar-refractivity contribution in [3.63, 3.8) is 0 Å². The van der Waals surface area contributed by atoms with E-state index in [-0.39, 0.29) is 41.8 Å². The van der Waals surface area contributed by atoms with E-state index in [0.717, 1.165) is 57.1 Å². The van der Waals surface area contributed by atoms with Crippen molar-refractivity contribution in [3.8, 4) is 0 Å². The molecule has 154 valence electrons. The van der Waals surface area contributed by atoms with Gasteiger partial charge in [-0.1, -0.05) is 19.0 Å². The van der Waals surface area contributed by atoms with Gasteiger partial charge in [0.2, 0.25) is 5.89 Å². The molecule has 2 heterocycles. The van der Waals surface area contributed by atoms with Crippen molar-refractivity contribution in [2.75, 3.05) is 33.3 Å². The molecule has 0 aromatic carbocycles. The molecular formula is C18H32IN5O3. The Morgan fingerprint density at radius 3 is 2.67 bits per heavy atom. The lowest BCUT2D eigenvalue weighted by Crippen LogP contribution is -2.46. The SMILES string of the molecule is CCNC(=NCCCc1nc(C(C)C)no1)N1CCC(C(=O)OC)CC1.I. The van der Waals surface area contributed by atoms with Crippen LogP contribution in [0.1, 0.15) is 57.7 Å².